The van der Waals surface area contributed by atoms with E-state index in [-0.39, 0.29) is 83.4 Å². The highest BCUT2D eigenvalue weighted by Gasteiger charge is 2.45. The van der Waals surface area contributed by atoms with E-state index in [1.54, 1.807) is 7.05 Å². The summed E-state index contributed by atoms with van der Waals surface area (Å²) in [4.78, 5) is 117. The van der Waals surface area contributed by atoms with Gasteiger partial charge in [0.25, 0.3) is 35.1 Å². The molecule has 3 N–H and O–H groups in total. The van der Waals surface area contributed by atoms with Gasteiger partial charge in [-0.2, -0.15) is 4.98 Å². The molecule has 6 aromatic rings. The highest BCUT2D eigenvalue weighted by Crippen LogP contribution is 2.36. The van der Waals surface area contributed by atoms with E-state index in [1.807, 2.05) is 48.7 Å². The molecule has 76 heavy (non-hydrogen) atoms. The molecule has 1 fully saturated rings. The van der Waals surface area contributed by atoms with Gasteiger partial charge >= 0.3 is 6.01 Å². The first-order chi connectivity index (χ1) is 36.6. The van der Waals surface area contributed by atoms with Crippen LogP contribution in [0.15, 0.2) is 78.0 Å². The molecule has 1 saturated heterocycles. The van der Waals surface area contributed by atoms with Crippen molar-refractivity contribution < 1.29 is 47.8 Å². The van der Waals surface area contributed by atoms with Gasteiger partial charge in [-0.1, -0.05) is 60.5 Å². The maximum atomic E-state index is 13.8. The monoisotopic (exact) mass is 1080 g/mol. The number of pyridine rings is 1. The number of anilines is 1. The summed E-state index contributed by atoms with van der Waals surface area (Å²) >= 11 is 11.8. The van der Waals surface area contributed by atoms with Gasteiger partial charge in [0.05, 0.1) is 54.4 Å². The van der Waals surface area contributed by atoms with Crippen molar-refractivity contribution in [2.45, 2.75) is 71.6 Å². The number of fused-ring (bicyclic) bond motifs is 2. The lowest BCUT2D eigenvalue weighted by molar-refractivity contribution is -0.136. The van der Waals surface area contributed by atoms with Crippen LogP contribution in [0.1, 0.15) is 93.3 Å². The van der Waals surface area contributed by atoms with Crippen LogP contribution in [-0.4, -0.2) is 125 Å². The van der Waals surface area contributed by atoms with Gasteiger partial charge in [0.1, 0.15) is 23.3 Å². The van der Waals surface area contributed by atoms with E-state index >= 15 is 0 Å². The molecule has 1 unspecified atom stereocenters. The quantitative estimate of drug-likeness (QED) is 0.0809. The van der Waals surface area contributed by atoms with Crippen molar-refractivity contribution in [2.24, 2.45) is 7.05 Å². The average Bonchev–Trinajstić information content (AvgIpc) is 4.19. The molecule has 2 aromatic carbocycles. The molecular formula is C50H53Cl2N13O11. The van der Waals surface area contributed by atoms with E-state index in [1.165, 1.54) is 71.2 Å². The molecule has 26 heteroatoms. The van der Waals surface area contributed by atoms with Gasteiger partial charge in [0.2, 0.25) is 17.7 Å². The Bertz CT molecular complexity index is 3230. The van der Waals surface area contributed by atoms with Crippen molar-refractivity contribution in [3.8, 4) is 29.0 Å². The number of carbonyl (C=O) groups excluding carboxylic acids is 7. The number of nitrogens with one attached hydrogen (secondary N) is 3. The third kappa shape index (κ3) is 12.5. The molecule has 4 aromatic heterocycles. The number of aryl methyl sites for hydroxylation is 2. The summed E-state index contributed by atoms with van der Waals surface area (Å²) in [7, 11) is 4.40. The lowest BCUT2D eigenvalue weighted by Crippen LogP contribution is -2.54. The number of piperidine rings is 1. The summed E-state index contributed by atoms with van der Waals surface area (Å²) in [5, 5.41) is 16.9. The number of nitrogens with zero attached hydrogens (tertiary/aromatic N) is 10. The minimum atomic E-state index is -1.10. The Balaban J connectivity index is 0.000000855. The van der Waals surface area contributed by atoms with Crippen LogP contribution in [0.5, 0.6) is 17.6 Å². The first kappa shape index (κ1) is 55.2. The maximum absolute atomic E-state index is 13.8. The van der Waals surface area contributed by atoms with E-state index in [4.69, 9.17) is 42.4 Å². The molecule has 1 atom stereocenters. The number of hydrogen-bond acceptors (Lipinski definition) is 16. The van der Waals surface area contributed by atoms with Crippen LogP contribution in [-0.2, 0) is 41.1 Å². The smallest absolute Gasteiger partial charge is 0.319 e. The second-order valence-electron chi connectivity index (χ2n) is 16.8. The number of methoxy groups -OCH3 is 2. The van der Waals surface area contributed by atoms with E-state index in [0.717, 1.165) is 9.92 Å². The number of rotatable bonds is 18. The zero-order valence-corrected chi connectivity index (χ0v) is 43.5. The third-order valence-corrected chi connectivity index (χ3v) is 12.3. The molecule has 9 rings (SSSR count). The number of imidazole rings is 1. The van der Waals surface area contributed by atoms with Crippen molar-refractivity contribution in [3.63, 3.8) is 0 Å². The topological polar surface area (TPSA) is 286 Å². The van der Waals surface area contributed by atoms with Crippen LogP contribution in [0.2, 0.25) is 10.0 Å². The fraction of sp³-hybridized carbons (Fsp3) is 0.340. The number of unbranched alkanes of at least 4 members (excludes halogenated alkanes) is 1. The maximum Gasteiger partial charge on any atom is 0.319 e. The number of amides is 7. The second kappa shape index (κ2) is 25.1. The second-order valence-corrected chi connectivity index (χ2v) is 17.7. The largest absolute Gasteiger partial charge is 0.484 e. The van der Waals surface area contributed by atoms with Gasteiger partial charge in [-0.15, -0.1) is 5.10 Å². The molecular weight excluding hydrogens is 1030 g/mol. The van der Waals surface area contributed by atoms with Gasteiger partial charge in [-0.05, 0) is 62.1 Å². The predicted octanol–water partition coefficient (Wildman–Crippen LogP) is 4.02. The Labute approximate surface area is 444 Å². The number of hydrogen-bond donors (Lipinski definition) is 3. The standard InChI is InChI=1S/C42H42ClN13O11.C6H5Cl.C2H6/c1-52-18-22(43)15-29(40(52)63)55-20-30-33(41(55)64)48-34(26-17-46-42(66-3)49-37(26)65-2)54(30)14-6-13-53-19-27(50-51-53)35(59)45-12-5-4-11-44-32(58)21-67-23-7-8-24-25(16-23)39(62)56(38(24)61)28-9-10-31(57)47-36(28)60;7-6-4-2-1-3-5-6;1-2/h7-8,15-19,28H,4-6,9-14,20-21H2,1-3H3,(H,44,58)(H,45,59)(H,47,57,60);1-5H;1-2H3. The number of benzene rings is 2. The summed E-state index contributed by atoms with van der Waals surface area (Å²) in [6, 6.07) is 14.0. The average molecular weight is 1080 g/mol. The predicted molar refractivity (Wildman–Crippen MR) is 274 cm³/mol. The minimum absolute atomic E-state index is 0.00139. The van der Waals surface area contributed by atoms with Crippen LogP contribution in [0.3, 0.4) is 0 Å². The minimum Gasteiger partial charge on any atom is -0.484 e. The van der Waals surface area contributed by atoms with E-state index < -0.39 is 53.0 Å². The van der Waals surface area contributed by atoms with Crippen molar-refractivity contribution in [1.82, 2.24) is 59.9 Å². The lowest BCUT2D eigenvalue weighted by Gasteiger charge is -2.27. The van der Waals surface area contributed by atoms with Crippen molar-refractivity contribution in [2.75, 3.05) is 38.8 Å². The van der Waals surface area contributed by atoms with Gasteiger partial charge in [0.15, 0.2) is 18.0 Å². The SMILES string of the molecule is CC.COc1ncc(-c2nc3c(n2CCCn2cc(C(=O)NCCCCNC(=O)COc4ccc5c(c4)C(=O)N(C4CCC(=O)NC4=O)C5=O)nn2)CN(c2cc(Cl)cn(C)c2=O)C3=O)c(OC)n1.Clc1ccccc1. The number of aromatic nitrogens is 8. The Hall–Kier alpha value is -8.51. The molecule has 0 bridgehead atoms. The van der Waals surface area contributed by atoms with Crippen LogP contribution in [0.4, 0.5) is 5.69 Å². The van der Waals surface area contributed by atoms with Crippen LogP contribution in [0.25, 0.3) is 11.4 Å². The molecule has 7 heterocycles. The van der Waals surface area contributed by atoms with Crippen molar-refractivity contribution in [3.05, 3.63) is 122 Å². The van der Waals surface area contributed by atoms with Gasteiger partial charge < -0.3 is 34.0 Å². The summed E-state index contributed by atoms with van der Waals surface area (Å²) in [5.74, 6) is -3.18. The fourth-order valence-electron chi connectivity index (χ4n) is 8.24. The highest BCUT2D eigenvalue weighted by molar-refractivity contribution is 6.31. The summed E-state index contributed by atoms with van der Waals surface area (Å²) in [5.41, 5.74) is 1.01. The zero-order valence-electron chi connectivity index (χ0n) is 42.0. The summed E-state index contributed by atoms with van der Waals surface area (Å²) in [6.45, 7) is 4.89. The third-order valence-electron chi connectivity index (χ3n) is 11.9. The summed E-state index contributed by atoms with van der Waals surface area (Å²) in [6.07, 6.45) is 5.99. The Morgan fingerprint density at radius 3 is 2.25 bits per heavy atom. The Morgan fingerprint density at radius 1 is 0.816 bits per heavy atom. The van der Waals surface area contributed by atoms with Gasteiger partial charge in [-0.3, -0.25) is 58.2 Å². The van der Waals surface area contributed by atoms with Crippen LogP contribution < -0.4 is 40.6 Å². The molecule has 0 spiro atoms. The van der Waals surface area contributed by atoms with E-state index in [9.17, 15) is 38.4 Å². The Morgan fingerprint density at radius 2 is 1.55 bits per heavy atom. The molecule has 0 aliphatic carbocycles. The van der Waals surface area contributed by atoms with Crippen LogP contribution in [0, 0.1) is 0 Å². The summed E-state index contributed by atoms with van der Waals surface area (Å²) < 4.78 is 20.9. The fourth-order valence-corrected chi connectivity index (χ4v) is 8.64. The van der Waals surface area contributed by atoms with Crippen LogP contribution >= 0.6 is 23.2 Å². The molecule has 398 valence electrons. The number of halogens is 2. The van der Waals surface area contributed by atoms with E-state index in [2.05, 4.69) is 36.2 Å². The molecule has 3 aliphatic heterocycles. The number of imide groups is 2. The van der Waals surface area contributed by atoms with Gasteiger partial charge in [0, 0.05) is 57.1 Å². The normalized spacial score (nSPS) is 14.5. The van der Waals surface area contributed by atoms with E-state index in [0.29, 0.717) is 56.0 Å². The molecule has 24 nitrogen and oxygen atoms in total. The number of carbonyl (C=O) groups is 7. The van der Waals surface area contributed by atoms with Gasteiger partial charge in [-0.25, -0.2) is 9.97 Å². The first-order valence-corrected chi connectivity index (χ1v) is 24.8. The Kier molecular flexibility index (Phi) is 18.3. The lowest BCUT2D eigenvalue weighted by atomic mass is 10.0. The number of ether oxygens (including phenoxy) is 3. The first-order valence-electron chi connectivity index (χ1n) is 24.0. The molecule has 0 radical (unpaired) electrons. The van der Waals surface area contributed by atoms with Crippen molar-refractivity contribution >= 4 is 70.2 Å². The molecule has 3 aliphatic rings. The van der Waals surface area contributed by atoms with Crippen molar-refractivity contribution in [1.29, 1.82) is 0 Å². The molecule has 7 amide bonds. The molecule has 0 saturated carbocycles. The highest BCUT2D eigenvalue weighted by atomic mass is 35.5. The zero-order chi connectivity index (χ0) is 54.6.